The number of ether oxygens (including phenoxy) is 1. The number of rotatable bonds is 5. The molecule has 2 heterocycles. The largest absolute Gasteiger partial charge is 0.497 e. The third-order valence-corrected chi connectivity index (χ3v) is 4.69. The molecule has 0 aliphatic carbocycles. The van der Waals surface area contributed by atoms with Gasteiger partial charge in [0.15, 0.2) is 5.69 Å². The standard InChI is InChI=1S/C18H26N6O2.2ClH/c1-18(2)13-22(17(25)16-12-23(9-8-19)21-20-16)10-11-24(18)14-4-6-15(26-3)7-5-14;;/h4-7,12H,8-11,13,19H2,1-3H3;2*1H. The Bertz CT molecular complexity index is 766. The molecule has 1 aromatic heterocycles. The zero-order valence-electron chi connectivity index (χ0n) is 16.4. The molecule has 0 radical (unpaired) electrons. The second-order valence-corrected chi connectivity index (χ2v) is 7.04. The van der Waals surface area contributed by atoms with Gasteiger partial charge in [-0.2, -0.15) is 0 Å². The smallest absolute Gasteiger partial charge is 0.276 e. The summed E-state index contributed by atoms with van der Waals surface area (Å²) in [4.78, 5) is 16.9. The van der Waals surface area contributed by atoms with Crippen LogP contribution in [-0.2, 0) is 6.54 Å². The fourth-order valence-electron chi connectivity index (χ4n) is 3.37. The fraction of sp³-hybridized carbons (Fsp3) is 0.500. The molecule has 1 fully saturated rings. The summed E-state index contributed by atoms with van der Waals surface area (Å²) in [7, 11) is 1.66. The molecule has 28 heavy (non-hydrogen) atoms. The van der Waals surface area contributed by atoms with Gasteiger partial charge in [-0.1, -0.05) is 5.21 Å². The van der Waals surface area contributed by atoms with E-state index in [9.17, 15) is 4.79 Å². The molecule has 1 saturated heterocycles. The summed E-state index contributed by atoms with van der Waals surface area (Å²) in [6, 6.07) is 8.02. The first-order valence-electron chi connectivity index (χ1n) is 8.76. The number of carbonyl (C=O) groups excluding carboxylic acids is 1. The van der Waals surface area contributed by atoms with Gasteiger partial charge in [0.25, 0.3) is 5.91 Å². The lowest BCUT2D eigenvalue weighted by Gasteiger charge is -2.48. The number of piperazine rings is 1. The SMILES string of the molecule is COc1ccc(N2CCN(C(=O)c3cn(CCN)nn3)CC2(C)C)cc1.Cl.Cl. The normalized spacial score (nSPS) is 15.4. The highest BCUT2D eigenvalue weighted by Crippen LogP contribution is 2.29. The van der Waals surface area contributed by atoms with E-state index in [0.717, 1.165) is 18.0 Å². The maximum absolute atomic E-state index is 12.8. The lowest BCUT2D eigenvalue weighted by atomic mass is 9.97. The highest BCUT2D eigenvalue weighted by atomic mass is 35.5. The molecule has 0 saturated carbocycles. The van der Waals surface area contributed by atoms with Crippen LogP contribution in [0.2, 0.25) is 0 Å². The van der Waals surface area contributed by atoms with Gasteiger partial charge in [0.2, 0.25) is 0 Å². The number of carbonyl (C=O) groups is 1. The monoisotopic (exact) mass is 430 g/mol. The van der Waals surface area contributed by atoms with Crippen LogP contribution in [0.4, 0.5) is 5.69 Å². The first-order chi connectivity index (χ1) is 12.4. The minimum Gasteiger partial charge on any atom is -0.497 e. The first-order valence-corrected chi connectivity index (χ1v) is 8.76. The number of amides is 1. The van der Waals surface area contributed by atoms with Crippen LogP contribution in [0.15, 0.2) is 30.5 Å². The zero-order valence-corrected chi connectivity index (χ0v) is 18.0. The molecule has 0 atom stereocenters. The summed E-state index contributed by atoms with van der Waals surface area (Å²) in [5, 5.41) is 7.95. The number of hydrogen-bond acceptors (Lipinski definition) is 6. The molecular weight excluding hydrogens is 403 g/mol. The molecule has 0 bridgehead atoms. The molecule has 0 unspecified atom stereocenters. The lowest BCUT2D eigenvalue weighted by molar-refractivity contribution is 0.0680. The number of methoxy groups -OCH3 is 1. The zero-order chi connectivity index (χ0) is 18.7. The van der Waals surface area contributed by atoms with Gasteiger partial charge in [-0.3, -0.25) is 9.48 Å². The lowest BCUT2D eigenvalue weighted by Crippen LogP contribution is -2.60. The van der Waals surface area contributed by atoms with Crippen LogP contribution in [0.3, 0.4) is 0 Å². The van der Waals surface area contributed by atoms with Gasteiger partial charge >= 0.3 is 0 Å². The predicted octanol–water partition coefficient (Wildman–Crippen LogP) is 1.83. The van der Waals surface area contributed by atoms with Gasteiger partial charge in [0.05, 0.1) is 25.4 Å². The van der Waals surface area contributed by atoms with Crippen molar-refractivity contribution >= 4 is 36.4 Å². The van der Waals surface area contributed by atoms with E-state index in [-0.39, 0.29) is 36.3 Å². The topological polar surface area (TPSA) is 89.5 Å². The summed E-state index contributed by atoms with van der Waals surface area (Å²) >= 11 is 0. The predicted molar refractivity (Wildman–Crippen MR) is 114 cm³/mol. The summed E-state index contributed by atoms with van der Waals surface area (Å²) in [6.45, 7) is 7.30. The molecule has 1 aromatic carbocycles. The maximum Gasteiger partial charge on any atom is 0.276 e. The summed E-state index contributed by atoms with van der Waals surface area (Å²) in [5.41, 5.74) is 6.81. The molecule has 8 nitrogen and oxygen atoms in total. The van der Waals surface area contributed by atoms with Crippen LogP contribution in [-0.4, -0.2) is 64.6 Å². The Balaban J connectivity index is 0.00000196. The Morgan fingerprint density at radius 2 is 1.89 bits per heavy atom. The van der Waals surface area contributed by atoms with Gasteiger partial charge in [0.1, 0.15) is 5.75 Å². The Morgan fingerprint density at radius 1 is 1.21 bits per heavy atom. The maximum atomic E-state index is 12.8. The van der Waals surface area contributed by atoms with Crippen molar-refractivity contribution in [2.24, 2.45) is 5.73 Å². The van der Waals surface area contributed by atoms with E-state index in [1.807, 2.05) is 17.0 Å². The summed E-state index contributed by atoms with van der Waals surface area (Å²) in [6.07, 6.45) is 1.66. The second kappa shape index (κ2) is 9.95. The van der Waals surface area contributed by atoms with E-state index in [1.165, 1.54) is 0 Å². The Hall–Kier alpha value is -2.03. The minimum atomic E-state index is -0.199. The van der Waals surface area contributed by atoms with Crippen molar-refractivity contribution in [2.45, 2.75) is 25.9 Å². The molecule has 1 aliphatic rings. The number of nitrogens with zero attached hydrogens (tertiary/aromatic N) is 5. The van der Waals surface area contributed by atoms with Crippen LogP contribution < -0.4 is 15.4 Å². The van der Waals surface area contributed by atoms with Crippen molar-refractivity contribution in [3.05, 3.63) is 36.2 Å². The average Bonchev–Trinajstić information content (AvgIpc) is 3.09. The van der Waals surface area contributed by atoms with Gasteiger partial charge in [-0.25, -0.2) is 0 Å². The third-order valence-electron chi connectivity index (χ3n) is 4.69. The molecule has 1 aliphatic heterocycles. The highest BCUT2D eigenvalue weighted by Gasteiger charge is 2.36. The number of nitrogens with two attached hydrogens (primary N) is 1. The number of halogens is 2. The Labute approximate surface area is 177 Å². The molecule has 156 valence electrons. The van der Waals surface area contributed by atoms with Crippen molar-refractivity contribution < 1.29 is 9.53 Å². The van der Waals surface area contributed by atoms with Crippen molar-refractivity contribution in [2.75, 3.05) is 38.2 Å². The minimum absolute atomic E-state index is 0. The van der Waals surface area contributed by atoms with E-state index < -0.39 is 0 Å². The van der Waals surface area contributed by atoms with Gasteiger partial charge < -0.3 is 20.3 Å². The highest BCUT2D eigenvalue weighted by molar-refractivity contribution is 5.92. The van der Waals surface area contributed by atoms with E-state index in [1.54, 1.807) is 18.0 Å². The summed E-state index contributed by atoms with van der Waals surface area (Å²) in [5.74, 6) is 0.747. The molecule has 1 amide bonds. The molecule has 2 aromatic rings. The number of aromatic nitrogens is 3. The van der Waals surface area contributed by atoms with E-state index in [4.69, 9.17) is 10.5 Å². The van der Waals surface area contributed by atoms with Crippen molar-refractivity contribution in [3.8, 4) is 5.75 Å². The molecular formula is C18H28Cl2N6O2. The number of hydrogen-bond donors (Lipinski definition) is 1. The Kier molecular flexibility index (Phi) is 8.53. The van der Waals surface area contributed by atoms with Crippen molar-refractivity contribution in [3.63, 3.8) is 0 Å². The van der Waals surface area contributed by atoms with Crippen LogP contribution in [0.25, 0.3) is 0 Å². The van der Waals surface area contributed by atoms with Crippen LogP contribution in [0.5, 0.6) is 5.75 Å². The van der Waals surface area contributed by atoms with Crippen LogP contribution in [0.1, 0.15) is 24.3 Å². The third kappa shape index (κ3) is 5.06. The van der Waals surface area contributed by atoms with Gasteiger partial charge in [-0.15, -0.1) is 29.9 Å². The summed E-state index contributed by atoms with van der Waals surface area (Å²) < 4.78 is 6.83. The second-order valence-electron chi connectivity index (χ2n) is 7.04. The molecule has 2 N–H and O–H groups in total. The van der Waals surface area contributed by atoms with E-state index in [2.05, 4.69) is 41.2 Å². The van der Waals surface area contributed by atoms with Crippen LogP contribution >= 0.6 is 24.8 Å². The molecule has 3 rings (SSSR count). The van der Waals surface area contributed by atoms with Gasteiger partial charge in [-0.05, 0) is 38.1 Å². The van der Waals surface area contributed by atoms with E-state index >= 15 is 0 Å². The fourth-order valence-corrected chi connectivity index (χ4v) is 3.37. The van der Waals surface area contributed by atoms with E-state index in [0.29, 0.717) is 31.9 Å². The molecule has 10 heteroatoms. The average molecular weight is 431 g/mol. The van der Waals surface area contributed by atoms with Gasteiger partial charge in [0, 0.05) is 31.9 Å². The Morgan fingerprint density at radius 3 is 2.46 bits per heavy atom. The number of anilines is 1. The molecule has 0 spiro atoms. The van der Waals surface area contributed by atoms with Crippen molar-refractivity contribution in [1.82, 2.24) is 19.9 Å². The van der Waals surface area contributed by atoms with Crippen molar-refractivity contribution in [1.29, 1.82) is 0 Å². The van der Waals surface area contributed by atoms with Crippen LogP contribution in [0, 0.1) is 0 Å². The number of benzene rings is 1. The quantitative estimate of drug-likeness (QED) is 0.777. The first kappa shape index (κ1) is 24.0.